The number of carbonyl (C=O) groups excluding carboxylic acids is 1. The Kier molecular flexibility index (Phi) is 4.60. The van der Waals surface area contributed by atoms with Gasteiger partial charge in [0.05, 0.1) is 18.2 Å². The maximum Gasteiger partial charge on any atom is 0.322 e. The molecule has 1 aromatic heterocycles. The highest BCUT2D eigenvalue weighted by molar-refractivity contribution is 5.91. The molecule has 27 heavy (non-hydrogen) atoms. The minimum absolute atomic E-state index is 0.0321. The van der Waals surface area contributed by atoms with Gasteiger partial charge >= 0.3 is 5.97 Å². The molecule has 4 rings (SSSR count). The number of benzene rings is 2. The van der Waals surface area contributed by atoms with E-state index in [1.165, 1.54) is 7.11 Å². The zero-order valence-corrected chi connectivity index (χ0v) is 14.8. The average molecular weight is 364 g/mol. The average Bonchev–Trinajstić information content (AvgIpc) is 3.16. The van der Waals surface area contributed by atoms with E-state index in [1.54, 1.807) is 18.2 Å². The quantitative estimate of drug-likeness (QED) is 0.611. The summed E-state index contributed by atoms with van der Waals surface area (Å²) in [6.45, 7) is 0.629. The van der Waals surface area contributed by atoms with Crippen molar-refractivity contribution in [2.24, 2.45) is 0 Å². The molecule has 1 saturated heterocycles. The Balaban J connectivity index is 1.70. The van der Waals surface area contributed by atoms with Crippen LogP contribution in [0, 0.1) is 0 Å². The van der Waals surface area contributed by atoms with Crippen LogP contribution in [0.5, 0.6) is 5.75 Å². The van der Waals surface area contributed by atoms with Gasteiger partial charge in [-0.1, -0.05) is 24.3 Å². The molecule has 0 radical (unpaired) electrons. The topological polar surface area (TPSA) is 96.4 Å². The summed E-state index contributed by atoms with van der Waals surface area (Å²) in [5, 5.41) is 17.6. The van der Waals surface area contributed by atoms with Crippen LogP contribution in [0.15, 0.2) is 48.5 Å². The third-order valence-corrected chi connectivity index (χ3v) is 4.71. The fourth-order valence-corrected chi connectivity index (χ4v) is 3.33. The summed E-state index contributed by atoms with van der Waals surface area (Å²) in [5.41, 5.74) is 1.35. The highest BCUT2D eigenvalue weighted by atomic mass is 16.5. The Hall–Kier alpha value is -3.19. The Morgan fingerprint density at radius 1 is 1.19 bits per heavy atom. The van der Waals surface area contributed by atoms with Crippen LogP contribution in [-0.4, -0.2) is 46.8 Å². The van der Waals surface area contributed by atoms with Gasteiger partial charge in [0.25, 0.3) is 0 Å². The molecule has 7 heteroatoms. The highest BCUT2D eigenvalue weighted by Crippen LogP contribution is 2.30. The van der Waals surface area contributed by atoms with E-state index in [4.69, 9.17) is 4.74 Å². The minimum atomic E-state index is -0.321. The van der Waals surface area contributed by atoms with Crippen molar-refractivity contribution in [1.82, 2.24) is 15.3 Å². The first kappa shape index (κ1) is 17.2. The number of phenolic OH excluding ortho intramolecular Hbond substituents is 1. The maximum absolute atomic E-state index is 11.7. The second-order valence-electron chi connectivity index (χ2n) is 6.49. The van der Waals surface area contributed by atoms with Gasteiger partial charge in [-0.15, -0.1) is 0 Å². The summed E-state index contributed by atoms with van der Waals surface area (Å²) in [6, 6.07) is 14.4. The first-order valence-corrected chi connectivity index (χ1v) is 8.78. The van der Waals surface area contributed by atoms with E-state index in [0.717, 1.165) is 10.9 Å². The Morgan fingerprint density at radius 3 is 2.78 bits per heavy atom. The summed E-state index contributed by atoms with van der Waals surface area (Å²) in [6.07, 6.45) is 0.608. The molecule has 0 saturated carbocycles. The summed E-state index contributed by atoms with van der Waals surface area (Å²) in [5.74, 6) is 0.995. The number of methoxy groups -OCH3 is 1. The number of para-hydroxylation sites is 2. The van der Waals surface area contributed by atoms with Crippen molar-refractivity contribution in [2.45, 2.75) is 18.5 Å². The van der Waals surface area contributed by atoms with Gasteiger partial charge in [-0.25, -0.2) is 9.97 Å². The summed E-state index contributed by atoms with van der Waals surface area (Å²) in [7, 11) is 1.39. The third-order valence-electron chi connectivity index (χ3n) is 4.71. The van der Waals surface area contributed by atoms with Crippen molar-refractivity contribution in [3.8, 4) is 17.1 Å². The van der Waals surface area contributed by atoms with Gasteiger partial charge in [0.1, 0.15) is 17.6 Å². The lowest BCUT2D eigenvalue weighted by Crippen LogP contribution is -2.31. The molecule has 1 aliphatic rings. The van der Waals surface area contributed by atoms with Crippen molar-refractivity contribution in [1.29, 1.82) is 0 Å². The number of hydrogen-bond acceptors (Lipinski definition) is 7. The molecule has 3 aromatic rings. The smallest absolute Gasteiger partial charge is 0.322 e. The van der Waals surface area contributed by atoms with E-state index < -0.39 is 0 Å². The number of rotatable bonds is 4. The van der Waals surface area contributed by atoms with E-state index in [1.807, 2.05) is 30.3 Å². The van der Waals surface area contributed by atoms with Gasteiger partial charge in [-0.2, -0.15) is 0 Å². The number of nitrogens with one attached hydrogen (secondary N) is 2. The van der Waals surface area contributed by atoms with Crippen LogP contribution in [0.4, 0.5) is 5.82 Å². The lowest BCUT2D eigenvalue weighted by Gasteiger charge is -2.16. The molecule has 0 amide bonds. The fraction of sp³-hybridized carbons (Fsp3) is 0.250. The van der Waals surface area contributed by atoms with Crippen LogP contribution in [-0.2, 0) is 9.53 Å². The van der Waals surface area contributed by atoms with Crippen molar-refractivity contribution in [3.63, 3.8) is 0 Å². The summed E-state index contributed by atoms with van der Waals surface area (Å²) >= 11 is 0. The number of carbonyl (C=O) groups is 1. The number of phenols is 1. The van der Waals surface area contributed by atoms with Crippen molar-refractivity contribution >= 4 is 22.7 Å². The van der Waals surface area contributed by atoms with Crippen LogP contribution in [0.2, 0.25) is 0 Å². The first-order chi connectivity index (χ1) is 13.2. The van der Waals surface area contributed by atoms with Crippen LogP contribution in [0.3, 0.4) is 0 Å². The normalized spacial score (nSPS) is 19.1. The molecular weight excluding hydrogens is 344 g/mol. The fourth-order valence-electron chi connectivity index (χ4n) is 3.33. The molecular formula is C20H20N4O3. The van der Waals surface area contributed by atoms with Gasteiger partial charge in [-0.3, -0.25) is 4.79 Å². The lowest BCUT2D eigenvalue weighted by molar-refractivity contribution is -0.142. The minimum Gasteiger partial charge on any atom is -0.507 e. The largest absolute Gasteiger partial charge is 0.507 e. The first-order valence-electron chi connectivity index (χ1n) is 8.78. The standard InChI is InChI=1S/C20H20N4O3/c1-27-20(26)16-10-12(11-21-16)22-18-13-6-2-4-8-15(13)23-19(24-18)14-7-3-5-9-17(14)25/h2-9,12,16,21,25H,10-11H2,1H3,(H,22,23,24)/t12-,16+/m0/s1. The molecule has 1 fully saturated rings. The second-order valence-corrected chi connectivity index (χ2v) is 6.49. The molecule has 3 N–H and O–H groups in total. The number of ether oxygens (including phenoxy) is 1. The second kappa shape index (κ2) is 7.20. The molecule has 0 bridgehead atoms. The monoisotopic (exact) mass is 364 g/mol. The molecule has 0 aliphatic carbocycles. The maximum atomic E-state index is 11.7. The van der Waals surface area contributed by atoms with Gasteiger partial charge in [0.2, 0.25) is 0 Å². The van der Waals surface area contributed by atoms with Gasteiger partial charge < -0.3 is 20.5 Å². The number of aromatic hydroxyl groups is 1. The molecule has 2 heterocycles. The zero-order chi connectivity index (χ0) is 18.8. The Bertz CT molecular complexity index is 992. The van der Waals surface area contributed by atoms with Crippen LogP contribution >= 0.6 is 0 Å². The SMILES string of the molecule is COC(=O)[C@H]1C[C@H](Nc2nc(-c3ccccc3O)nc3ccccc23)CN1. The van der Waals surface area contributed by atoms with Crippen LogP contribution in [0.25, 0.3) is 22.3 Å². The number of nitrogens with zero attached hydrogens (tertiary/aromatic N) is 2. The summed E-state index contributed by atoms with van der Waals surface area (Å²) < 4.78 is 4.81. The van der Waals surface area contributed by atoms with Crippen molar-refractivity contribution in [3.05, 3.63) is 48.5 Å². The predicted molar refractivity (Wildman–Crippen MR) is 102 cm³/mol. The van der Waals surface area contributed by atoms with Gasteiger partial charge in [0.15, 0.2) is 5.82 Å². The lowest BCUT2D eigenvalue weighted by atomic mass is 10.1. The van der Waals surface area contributed by atoms with Gasteiger partial charge in [-0.05, 0) is 30.7 Å². The molecule has 0 spiro atoms. The number of aromatic nitrogens is 2. The van der Waals surface area contributed by atoms with Crippen molar-refractivity contribution < 1.29 is 14.6 Å². The number of hydrogen-bond donors (Lipinski definition) is 3. The molecule has 2 aromatic carbocycles. The van der Waals surface area contributed by atoms with Crippen LogP contribution < -0.4 is 10.6 Å². The molecule has 7 nitrogen and oxygen atoms in total. The summed E-state index contributed by atoms with van der Waals surface area (Å²) in [4.78, 5) is 21.0. The predicted octanol–water partition coefficient (Wildman–Crippen LogP) is 2.32. The highest BCUT2D eigenvalue weighted by Gasteiger charge is 2.30. The molecule has 138 valence electrons. The molecule has 2 atom stereocenters. The number of esters is 1. The van der Waals surface area contributed by atoms with E-state index in [9.17, 15) is 9.90 Å². The number of fused-ring (bicyclic) bond motifs is 1. The third kappa shape index (κ3) is 3.41. The van der Waals surface area contributed by atoms with Crippen molar-refractivity contribution in [2.75, 3.05) is 19.0 Å². The number of anilines is 1. The van der Waals surface area contributed by atoms with Gasteiger partial charge in [0, 0.05) is 18.0 Å². The van der Waals surface area contributed by atoms with E-state index in [0.29, 0.717) is 30.2 Å². The van der Waals surface area contributed by atoms with E-state index in [2.05, 4.69) is 20.6 Å². The van der Waals surface area contributed by atoms with E-state index in [-0.39, 0.29) is 23.8 Å². The molecule has 1 aliphatic heterocycles. The zero-order valence-electron chi connectivity index (χ0n) is 14.8. The Labute approximate surface area is 156 Å². The Morgan fingerprint density at radius 2 is 1.96 bits per heavy atom. The molecule has 0 unspecified atom stereocenters. The van der Waals surface area contributed by atoms with E-state index >= 15 is 0 Å². The van der Waals surface area contributed by atoms with Crippen LogP contribution in [0.1, 0.15) is 6.42 Å².